The summed E-state index contributed by atoms with van der Waals surface area (Å²) in [5.41, 5.74) is 6.97. The van der Waals surface area contributed by atoms with E-state index in [2.05, 4.69) is 15.0 Å². The van der Waals surface area contributed by atoms with Crippen LogP contribution in [0.4, 0.5) is 9.52 Å². The van der Waals surface area contributed by atoms with Gasteiger partial charge >= 0.3 is 0 Å². The first-order valence-corrected chi connectivity index (χ1v) is 8.08. The Morgan fingerprint density at radius 2 is 2.13 bits per heavy atom. The normalized spacial score (nSPS) is 18.0. The number of carbonyl (C=O) groups excluding carboxylic acids is 1. The molecule has 2 N–H and O–H groups in total. The number of anilines is 1. The second-order valence-electron chi connectivity index (χ2n) is 5.58. The van der Waals surface area contributed by atoms with Gasteiger partial charge in [0.25, 0.3) is 0 Å². The number of rotatable bonds is 3. The van der Waals surface area contributed by atoms with E-state index in [1.807, 2.05) is 6.20 Å². The third kappa shape index (κ3) is 2.55. The first kappa shape index (κ1) is 14.1. The van der Waals surface area contributed by atoms with Gasteiger partial charge in [-0.15, -0.1) is 5.10 Å². The summed E-state index contributed by atoms with van der Waals surface area (Å²) in [6.45, 7) is 1.38. The number of primary amides is 1. The van der Waals surface area contributed by atoms with Gasteiger partial charge < -0.3 is 10.6 Å². The second kappa shape index (κ2) is 5.31. The van der Waals surface area contributed by atoms with Gasteiger partial charge in [0.1, 0.15) is 5.82 Å². The van der Waals surface area contributed by atoms with Crippen molar-refractivity contribution >= 4 is 27.3 Å². The predicted octanol–water partition coefficient (Wildman–Crippen LogP) is 1.91. The van der Waals surface area contributed by atoms with E-state index in [0.29, 0.717) is 6.54 Å². The molecule has 0 aliphatic carbocycles. The van der Waals surface area contributed by atoms with Crippen molar-refractivity contribution in [3.05, 3.63) is 36.3 Å². The largest absolute Gasteiger partial charge is 0.369 e. The first-order valence-electron chi connectivity index (χ1n) is 7.26. The van der Waals surface area contributed by atoms with Crippen LogP contribution in [0, 0.1) is 11.7 Å². The van der Waals surface area contributed by atoms with E-state index in [-0.39, 0.29) is 17.6 Å². The third-order valence-corrected chi connectivity index (χ3v) is 5.02. The zero-order chi connectivity index (χ0) is 16.0. The first-order chi connectivity index (χ1) is 11.1. The standard InChI is InChI=1S/C15H14FN5OS/c16-11-3-1-9(2-4-11)12-8-21-14(18-12)23-15(19-21)20-6-5-10(7-20)13(17)22/h1-4,8,10H,5-7H2,(H2,17,22)/t10-/m1/s1. The number of aromatic nitrogens is 3. The number of carbonyl (C=O) groups is 1. The summed E-state index contributed by atoms with van der Waals surface area (Å²) in [4.78, 5) is 18.6. The quantitative estimate of drug-likeness (QED) is 0.795. The Labute approximate surface area is 135 Å². The number of imidazole rings is 1. The van der Waals surface area contributed by atoms with Crippen LogP contribution >= 0.6 is 11.3 Å². The molecule has 1 aliphatic heterocycles. The van der Waals surface area contributed by atoms with Gasteiger partial charge in [0, 0.05) is 18.7 Å². The lowest BCUT2D eigenvalue weighted by Crippen LogP contribution is -2.27. The summed E-state index contributed by atoms with van der Waals surface area (Å²) in [7, 11) is 0. The molecule has 0 saturated carbocycles. The minimum absolute atomic E-state index is 0.110. The molecule has 4 rings (SSSR count). The van der Waals surface area contributed by atoms with Gasteiger partial charge in [-0.05, 0) is 30.7 Å². The molecule has 0 bridgehead atoms. The highest BCUT2D eigenvalue weighted by molar-refractivity contribution is 7.20. The Morgan fingerprint density at radius 1 is 1.35 bits per heavy atom. The summed E-state index contributed by atoms with van der Waals surface area (Å²) in [6, 6.07) is 6.22. The van der Waals surface area contributed by atoms with Gasteiger partial charge in [0.2, 0.25) is 16.0 Å². The zero-order valence-electron chi connectivity index (χ0n) is 12.1. The number of benzene rings is 1. The van der Waals surface area contributed by atoms with E-state index in [4.69, 9.17) is 5.73 Å². The van der Waals surface area contributed by atoms with Crippen molar-refractivity contribution in [1.29, 1.82) is 0 Å². The molecule has 1 aromatic carbocycles. The van der Waals surface area contributed by atoms with Crippen LogP contribution < -0.4 is 10.6 Å². The highest BCUT2D eigenvalue weighted by Crippen LogP contribution is 2.30. The van der Waals surface area contributed by atoms with Crippen LogP contribution in [0.3, 0.4) is 0 Å². The van der Waals surface area contributed by atoms with Gasteiger partial charge in [-0.25, -0.2) is 13.9 Å². The van der Waals surface area contributed by atoms with E-state index in [1.54, 1.807) is 16.6 Å². The van der Waals surface area contributed by atoms with E-state index in [1.165, 1.54) is 23.5 Å². The Bertz CT molecular complexity index is 840. The van der Waals surface area contributed by atoms with Gasteiger partial charge in [0.05, 0.1) is 17.8 Å². The molecule has 3 aromatic rings. The van der Waals surface area contributed by atoms with Gasteiger partial charge in [-0.1, -0.05) is 11.3 Å². The summed E-state index contributed by atoms with van der Waals surface area (Å²) >= 11 is 1.47. The number of nitrogens with zero attached hydrogens (tertiary/aromatic N) is 4. The molecule has 1 saturated heterocycles. The van der Waals surface area contributed by atoms with Crippen LogP contribution in [0.5, 0.6) is 0 Å². The van der Waals surface area contributed by atoms with Crippen molar-refractivity contribution in [2.24, 2.45) is 11.7 Å². The lowest BCUT2D eigenvalue weighted by Gasteiger charge is -2.12. The SMILES string of the molecule is NC(=O)[C@@H]1CCN(c2nn3cc(-c4ccc(F)cc4)nc3s2)C1. The van der Waals surface area contributed by atoms with Crippen molar-refractivity contribution in [3.63, 3.8) is 0 Å². The molecular weight excluding hydrogens is 317 g/mol. The Hall–Kier alpha value is -2.48. The smallest absolute Gasteiger partial charge is 0.222 e. The maximum Gasteiger partial charge on any atom is 0.222 e. The lowest BCUT2D eigenvalue weighted by molar-refractivity contribution is -0.121. The number of fused-ring (bicyclic) bond motifs is 1. The monoisotopic (exact) mass is 331 g/mol. The summed E-state index contributed by atoms with van der Waals surface area (Å²) in [5, 5.41) is 5.36. The molecule has 23 heavy (non-hydrogen) atoms. The average molecular weight is 331 g/mol. The fourth-order valence-electron chi connectivity index (χ4n) is 2.74. The molecule has 1 atom stereocenters. The molecule has 1 aliphatic rings. The molecule has 8 heteroatoms. The number of halogens is 1. The number of amides is 1. The van der Waals surface area contributed by atoms with Crippen molar-refractivity contribution in [3.8, 4) is 11.3 Å². The Balaban J connectivity index is 1.60. The lowest BCUT2D eigenvalue weighted by atomic mass is 10.1. The van der Waals surface area contributed by atoms with E-state index >= 15 is 0 Å². The topological polar surface area (TPSA) is 76.5 Å². The van der Waals surface area contributed by atoms with Crippen LogP contribution in [-0.4, -0.2) is 33.6 Å². The molecule has 0 radical (unpaired) electrons. The molecular formula is C15H14FN5OS. The van der Waals surface area contributed by atoms with E-state index in [9.17, 15) is 9.18 Å². The van der Waals surface area contributed by atoms with Crippen molar-refractivity contribution < 1.29 is 9.18 Å². The van der Waals surface area contributed by atoms with Crippen LogP contribution in [-0.2, 0) is 4.79 Å². The number of nitrogens with two attached hydrogens (primary N) is 1. The summed E-state index contributed by atoms with van der Waals surface area (Å²) in [5.74, 6) is -0.637. The van der Waals surface area contributed by atoms with Crippen LogP contribution in [0.1, 0.15) is 6.42 Å². The molecule has 6 nitrogen and oxygen atoms in total. The van der Waals surface area contributed by atoms with Crippen molar-refractivity contribution in [2.75, 3.05) is 18.0 Å². The van der Waals surface area contributed by atoms with E-state index < -0.39 is 0 Å². The van der Waals surface area contributed by atoms with Gasteiger partial charge in [0.15, 0.2) is 0 Å². The fraction of sp³-hybridized carbons (Fsp3) is 0.267. The minimum Gasteiger partial charge on any atom is -0.369 e. The highest BCUT2D eigenvalue weighted by Gasteiger charge is 2.28. The molecule has 1 fully saturated rings. The maximum absolute atomic E-state index is 13.0. The minimum atomic E-state index is -0.270. The van der Waals surface area contributed by atoms with Gasteiger partial charge in [-0.3, -0.25) is 4.79 Å². The number of hydrogen-bond acceptors (Lipinski definition) is 5. The molecule has 3 heterocycles. The number of hydrogen-bond donors (Lipinski definition) is 1. The van der Waals surface area contributed by atoms with Crippen LogP contribution in [0.15, 0.2) is 30.5 Å². The van der Waals surface area contributed by atoms with Gasteiger partial charge in [-0.2, -0.15) is 0 Å². The molecule has 0 spiro atoms. The maximum atomic E-state index is 13.0. The Kier molecular flexibility index (Phi) is 3.26. The summed E-state index contributed by atoms with van der Waals surface area (Å²) < 4.78 is 14.7. The van der Waals surface area contributed by atoms with Crippen molar-refractivity contribution in [1.82, 2.24) is 14.6 Å². The fourth-order valence-corrected chi connectivity index (χ4v) is 3.66. The van der Waals surface area contributed by atoms with Crippen LogP contribution in [0.2, 0.25) is 0 Å². The second-order valence-corrected chi connectivity index (χ2v) is 6.51. The molecule has 2 aromatic heterocycles. The van der Waals surface area contributed by atoms with E-state index in [0.717, 1.165) is 34.3 Å². The third-order valence-electron chi connectivity index (χ3n) is 4.03. The Morgan fingerprint density at radius 3 is 2.78 bits per heavy atom. The highest BCUT2D eigenvalue weighted by atomic mass is 32.1. The van der Waals surface area contributed by atoms with Crippen LogP contribution in [0.25, 0.3) is 16.2 Å². The van der Waals surface area contributed by atoms with Crippen molar-refractivity contribution in [2.45, 2.75) is 6.42 Å². The molecule has 0 unspecified atom stereocenters. The predicted molar refractivity (Wildman–Crippen MR) is 85.8 cm³/mol. The summed E-state index contributed by atoms with van der Waals surface area (Å²) in [6.07, 6.45) is 2.59. The molecule has 1 amide bonds. The molecule has 118 valence electrons. The average Bonchev–Trinajstić information content (AvgIpc) is 3.21. The zero-order valence-corrected chi connectivity index (χ0v) is 13.0.